The number of thiophene rings is 1. The number of rotatable bonds is 2. The van der Waals surface area contributed by atoms with E-state index in [2.05, 4.69) is 16.3 Å². The summed E-state index contributed by atoms with van der Waals surface area (Å²) < 4.78 is 6.99. The third-order valence-corrected chi connectivity index (χ3v) is 4.82. The summed E-state index contributed by atoms with van der Waals surface area (Å²) in [4.78, 5) is 15.7. The van der Waals surface area contributed by atoms with Gasteiger partial charge < -0.3 is 4.42 Å². The van der Waals surface area contributed by atoms with Crippen molar-refractivity contribution in [3.05, 3.63) is 56.7 Å². The summed E-state index contributed by atoms with van der Waals surface area (Å²) in [5, 5.41) is 2.15. The van der Waals surface area contributed by atoms with Gasteiger partial charge in [-0.05, 0) is 35.6 Å². The number of oxazole rings is 1. The highest BCUT2D eigenvalue weighted by Crippen LogP contribution is 2.24. The molecule has 4 rings (SSSR count). The van der Waals surface area contributed by atoms with Gasteiger partial charge in [-0.3, -0.25) is 9.47 Å². The molecule has 20 heavy (non-hydrogen) atoms. The van der Waals surface area contributed by atoms with Gasteiger partial charge in [-0.1, -0.05) is 12.1 Å². The average molecular weight is 286 g/mol. The fourth-order valence-electron chi connectivity index (χ4n) is 2.78. The zero-order valence-corrected chi connectivity index (χ0v) is 11.7. The largest absolute Gasteiger partial charge is 0.421 e. The summed E-state index contributed by atoms with van der Waals surface area (Å²) in [7, 11) is 0. The van der Waals surface area contributed by atoms with Gasteiger partial charge in [0.15, 0.2) is 5.58 Å². The summed E-state index contributed by atoms with van der Waals surface area (Å²) in [5.41, 5.74) is 2.92. The molecule has 2 aromatic heterocycles. The van der Waals surface area contributed by atoms with Crippen LogP contribution in [0.5, 0.6) is 0 Å². The van der Waals surface area contributed by atoms with Gasteiger partial charge in [0.25, 0.3) is 0 Å². The van der Waals surface area contributed by atoms with Crippen molar-refractivity contribution in [2.24, 2.45) is 0 Å². The molecule has 0 fully saturated rings. The highest BCUT2D eigenvalue weighted by molar-refractivity contribution is 7.10. The Labute approximate surface area is 119 Å². The Morgan fingerprint density at radius 3 is 3.10 bits per heavy atom. The Morgan fingerprint density at radius 1 is 1.25 bits per heavy atom. The second-order valence-electron chi connectivity index (χ2n) is 5.08. The van der Waals surface area contributed by atoms with Gasteiger partial charge in [-0.25, -0.2) is 4.79 Å². The summed E-state index contributed by atoms with van der Waals surface area (Å²) in [5.74, 6) is -0.276. The lowest BCUT2D eigenvalue weighted by Crippen LogP contribution is -2.34. The van der Waals surface area contributed by atoms with Crippen LogP contribution in [0, 0.1) is 0 Å². The third-order valence-electron chi connectivity index (χ3n) is 3.80. The summed E-state index contributed by atoms with van der Waals surface area (Å²) in [6.07, 6.45) is 1.07. The Balaban J connectivity index is 1.66. The van der Waals surface area contributed by atoms with E-state index in [9.17, 15) is 4.79 Å². The van der Waals surface area contributed by atoms with Crippen molar-refractivity contribution in [1.82, 2.24) is 9.47 Å². The normalized spacial score (nSPS) is 15.6. The van der Waals surface area contributed by atoms with Crippen LogP contribution in [-0.4, -0.2) is 16.0 Å². The van der Waals surface area contributed by atoms with Crippen molar-refractivity contribution in [3.63, 3.8) is 0 Å². The highest BCUT2D eigenvalue weighted by Gasteiger charge is 2.19. The van der Waals surface area contributed by atoms with E-state index in [1.165, 1.54) is 10.4 Å². The first kappa shape index (κ1) is 11.9. The first-order valence-electron chi connectivity index (χ1n) is 6.67. The predicted molar refractivity (Wildman–Crippen MR) is 78.9 cm³/mol. The number of fused-ring (bicyclic) bond motifs is 2. The Hall–Kier alpha value is -1.85. The lowest BCUT2D eigenvalue weighted by atomic mass is 10.1. The van der Waals surface area contributed by atoms with Gasteiger partial charge in [0.05, 0.1) is 12.2 Å². The maximum absolute atomic E-state index is 12.0. The average Bonchev–Trinajstić information content (AvgIpc) is 3.04. The molecule has 1 aliphatic rings. The molecule has 0 spiro atoms. The summed E-state index contributed by atoms with van der Waals surface area (Å²) in [6.45, 7) is 2.48. The number of hydrogen-bond donors (Lipinski definition) is 0. The lowest BCUT2D eigenvalue weighted by Gasteiger charge is -2.26. The van der Waals surface area contributed by atoms with Crippen LogP contribution in [0.3, 0.4) is 0 Å². The van der Waals surface area contributed by atoms with Crippen molar-refractivity contribution in [3.8, 4) is 0 Å². The van der Waals surface area contributed by atoms with Crippen LogP contribution in [-0.2, 0) is 19.6 Å². The fraction of sp³-hybridized carbons (Fsp3) is 0.267. The maximum Gasteiger partial charge on any atom is 0.421 e. The van der Waals surface area contributed by atoms with E-state index in [0.29, 0.717) is 12.3 Å². The molecule has 0 radical (unpaired) electrons. The van der Waals surface area contributed by atoms with Crippen molar-refractivity contribution in [1.29, 1.82) is 0 Å². The van der Waals surface area contributed by atoms with Crippen molar-refractivity contribution >= 4 is 22.4 Å². The molecule has 0 aliphatic carbocycles. The standard InChI is InChI=1S/C15H14N2O2S/c18-15-17(12-3-1-2-4-13(12)19-15)10-16-7-5-14-11(9-16)6-8-20-14/h1-4,6,8H,5,7,9-10H2. The molecule has 3 aromatic rings. The molecule has 0 N–H and O–H groups in total. The molecule has 102 valence electrons. The molecule has 0 amide bonds. The Kier molecular flexibility index (Phi) is 2.75. The van der Waals surface area contributed by atoms with Crippen molar-refractivity contribution in [2.75, 3.05) is 6.54 Å². The number of hydrogen-bond acceptors (Lipinski definition) is 4. The van der Waals surface area contributed by atoms with E-state index in [-0.39, 0.29) is 5.76 Å². The highest BCUT2D eigenvalue weighted by atomic mass is 32.1. The van der Waals surface area contributed by atoms with Crippen molar-refractivity contribution < 1.29 is 4.42 Å². The predicted octanol–water partition coefficient (Wildman–Crippen LogP) is 2.67. The van der Waals surface area contributed by atoms with E-state index < -0.39 is 0 Å². The maximum atomic E-state index is 12.0. The molecule has 1 aliphatic heterocycles. The van der Waals surface area contributed by atoms with E-state index in [1.54, 1.807) is 4.57 Å². The van der Waals surface area contributed by atoms with Crippen LogP contribution in [0.4, 0.5) is 0 Å². The SMILES string of the molecule is O=c1oc2ccccc2n1CN1CCc2sccc2C1. The summed E-state index contributed by atoms with van der Waals surface area (Å²) >= 11 is 1.83. The quantitative estimate of drug-likeness (QED) is 0.727. The molecule has 0 atom stereocenters. The molecule has 5 heteroatoms. The van der Waals surface area contributed by atoms with Gasteiger partial charge in [-0.2, -0.15) is 0 Å². The van der Waals surface area contributed by atoms with Crippen LogP contribution in [0.1, 0.15) is 10.4 Å². The van der Waals surface area contributed by atoms with Gasteiger partial charge >= 0.3 is 5.76 Å². The Bertz CT molecular complexity index is 815. The zero-order valence-electron chi connectivity index (χ0n) is 10.9. The van der Waals surface area contributed by atoms with Crippen LogP contribution >= 0.6 is 11.3 Å². The molecule has 0 saturated carbocycles. The molecule has 4 nitrogen and oxygen atoms in total. The molecular formula is C15H14N2O2S. The number of para-hydroxylation sites is 2. The van der Waals surface area contributed by atoms with Gasteiger partial charge in [-0.15, -0.1) is 11.3 Å². The van der Waals surface area contributed by atoms with Crippen LogP contribution in [0.2, 0.25) is 0 Å². The zero-order chi connectivity index (χ0) is 13.5. The minimum Gasteiger partial charge on any atom is -0.408 e. The number of nitrogens with zero attached hydrogens (tertiary/aromatic N) is 2. The van der Waals surface area contributed by atoms with Crippen molar-refractivity contribution in [2.45, 2.75) is 19.6 Å². The second-order valence-corrected chi connectivity index (χ2v) is 6.08. The first-order valence-corrected chi connectivity index (χ1v) is 7.55. The monoisotopic (exact) mass is 286 g/mol. The van der Waals surface area contributed by atoms with Crippen LogP contribution in [0.25, 0.3) is 11.1 Å². The molecule has 0 saturated heterocycles. The van der Waals surface area contributed by atoms with Gasteiger partial charge in [0.2, 0.25) is 0 Å². The third kappa shape index (κ3) is 1.90. The van der Waals surface area contributed by atoms with Gasteiger partial charge in [0.1, 0.15) is 0 Å². The molecular weight excluding hydrogens is 272 g/mol. The topological polar surface area (TPSA) is 38.4 Å². The molecule has 1 aromatic carbocycles. The Morgan fingerprint density at radius 2 is 2.15 bits per heavy atom. The van der Waals surface area contributed by atoms with Crippen LogP contribution in [0.15, 0.2) is 44.9 Å². The smallest absolute Gasteiger partial charge is 0.408 e. The minimum absolute atomic E-state index is 0.276. The van der Waals surface area contributed by atoms with E-state index in [4.69, 9.17) is 4.42 Å². The second kappa shape index (κ2) is 4.61. The first-order chi connectivity index (χ1) is 9.81. The summed E-state index contributed by atoms with van der Waals surface area (Å²) in [6, 6.07) is 9.76. The molecule has 0 unspecified atom stereocenters. The molecule has 3 heterocycles. The lowest BCUT2D eigenvalue weighted by molar-refractivity contribution is 0.197. The van der Waals surface area contributed by atoms with Crippen LogP contribution < -0.4 is 5.76 Å². The minimum atomic E-state index is -0.276. The van der Waals surface area contributed by atoms with E-state index >= 15 is 0 Å². The number of benzene rings is 1. The van der Waals surface area contributed by atoms with E-state index in [1.807, 2.05) is 35.6 Å². The fourth-order valence-corrected chi connectivity index (χ4v) is 3.67. The van der Waals surface area contributed by atoms with E-state index in [0.717, 1.165) is 25.0 Å². The molecule has 0 bridgehead atoms. The number of aromatic nitrogens is 1. The van der Waals surface area contributed by atoms with Gasteiger partial charge in [0, 0.05) is 18.0 Å².